The van der Waals surface area contributed by atoms with Gasteiger partial charge >= 0.3 is 0 Å². The molecule has 0 unspecified atom stereocenters. The molecule has 8 heteroatoms. The third-order valence-electron chi connectivity index (χ3n) is 5.29. The molecule has 0 amide bonds. The van der Waals surface area contributed by atoms with E-state index in [2.05, 4.69) is 34.2 Å². The summed E-state index contributed by atoms with van der Waals surface area (Å²) in [4.78, 5) is 17.1. The summed E-state index contributed by atoms with van der Waals surface area (Å²) < 4.78 is 9.17. The zero-order valence-electron chi connectivity index (χ0n) is 18.9. The third-order valence-corrected chi connectivity index (χ3v) is 6.25. The number of pyridine rings is 1. The van der Waals surface area contributed by atoms with Gasteiger partial charge in [-0.3, -0.25) is 13.8 Å². The molecule has 170 valence electrons. The largest absolute Gasteiger partial charge is 0.494 e. The van der Waals surface area contributed by atoms with Crippen LogP contribution in [0.4, 0.5) is 0 Å². The van der Waals surface area contributed by atoms with Crippen LogP contribution in [0.3, 0.4) is 0 Å². The predicted octanol–water partition coefficient (Wildman–Crippen LogP) is 4.94. The molecule has 3 aromatic heterocycles. The Balaban J connectivity index is 1.52. The fraction of sp³-hybridized carbons (Fsp3) is 0.154. The van der Waals surface area contributed by atoms with Crippen molar-refractivity contribution in [1.82, 2.24) is 24.1 Å². The van der Waals surface area contributed by atoms with Gasteiger partial charge in [0.1, 0.15) is 11.4 Å². The summed E-state index contributed by atoms with van der Waals surface area (Å²) in [5.41, 5.74) is 4.27. The topological polar surface area (TPSA) is 74.3 Å². The predicted molar refractivity (Wildman–Crippen MR) is 134 cm³/mol. The first-order chi connectivity index (χ1) is 16.6. The molecule has 0 aliphatic rings. The van der Waals surface area contributed by atoms with Crippen molar-refractivity contribution in [1.29, 1.82) is 0 Å². The van der Waals surface area contributed by atoms with E-state index in [-0.39, 0.29) is 5.56 Å². The fourth-order valence-electron chi connectivity index (χ4n) is 3.74. The summed E-state index contributed by atoms with van der Waals surface area (Å²) in [6.45, 7) is 4.63. The molecule has 0 N–H and O–H groups in total. The minimum absolute atomic E-state index is 0.102. The molecule has 0 spiro atoms. The quantitative estimate of drug-likeness (QED) is 0.314. The number of benzene rings is 2. The minimum Gasteiger partial charge on any atom is -0.494 e. The van der Waals surface area contributed by atoms with Crippen LogP contribution in [0, 0.1) is 6.92 Å². The van der Waals surface area contributed by atoms with Gasteiger partial charge in [0.2, 0.25) is 0 Å². The van der Waals surface area contributed by atoms with Gasteiger partial charge in [0.05, 0.1) is 12.3 Å². The molecule has 0 atom stereocenters. The van der Waals surface area contributed by atoms with Gasteiger partial charge in [0, 0.05) is 29.3 Å². The minimum atomic E-state index is -0.102. The van der Waals surface area contributed by atoms with Crippen LogP contribution >= 0.6 is 11.8 Å². The van der Waals surface area contributed by atoms with Crippen molar-refractivity contribution in [2.24, 2.45) is 0 Å². The highest BCUT2D eigenvalue weighted by Crippen LogP contribution is 2.30. The van der Waals surface area contributed by atoms with Gasteiger partial charge < -0.3 is 4.74 Å². The second-order valence-electron chi connectivity index (χ2n) is 7.74. The Morgan fingerprint density at radius 1 is 0.971 bits per heavy atom. The molecule has 3 heterocycles. The van der Waals surface area contributed by atoms with E-state index in [4.69, 9.17) is 4.74 Å². The van der Waals surface area contributed by atoms with Gasteiger partial charge in [-0.15, -0.1) is 10.2 Å². The Labute approximate surface area is 201 Å². The molecule has 0 saturated heterocycles. The number of rotatable bonds is 7. The fourth-order valence-corrected chi connectivity index (χ4v) is 4.59. The van der Waals surface area contributed by atoms with E-state index in [0.29, 0.717) is 23.7 Å². The van der Waals surface area contributed by atoms with Crippen molar-refractivity contribution < 1.29 is 4.74 Å². The Morgan fingerprint density at radius 2 is 1.82 bits per heavy atom. The van der Waals surface area contributed by atoms with E-state index >= 15 is 0 Å². The molecular weight excluding hydrogens is 446 g/mol. The van der Waals surface area contributed by atoms with Crippen LogP contribution in [0.5, 0.6) is 5.75 Å². The monoisotopic (exact) mass is 469 g/mol. The second kappa shape index (κ2) is 9.52. The van der Waals surface area contributed by atoms with Crippen molar-refractivity contribution in [2.75, 3.05) is 6.61 Å². The average Bonchev–Trinajstić information content (AvgIpc) is 3.27. The van der Waals surface area contributed by atoms with Crippen LogP contribution in [0.25, 0.3) is 22.7 Å². The van der Waals surface area contributed by atoms with Crippen LogP contribution in [-0.2, 0) is 5.75 Å². The molecule has 5 rings (SSSR count). The molecule has 2 aromatic carbocycles. The van der Waals surface area contributed by atoms with Crippen molar-refractivity contribution in [3.63, 3.8) is 0 Å². The Kier molecular flexibility index (Phi) is 6.14. The lowest BCUT2D eigenvalue weighted by atomic mass is 10.1. The van der Waals surface area contributed by atoms with Crippen LogP contribution in [0.15, 0.2) is 88.9 Å². The molecule has 0 bridgehead atoms. The average molecular weight is 470 g/mol. The SMILES string of the molecule is CCOc1ccc(-n2c(SCc3cc(=O)n4ccccc4n3)nnc2-c2cccc(C)c2)cc1. The number of thioether (sulfide) groups is 1. The summed E-state index contributed by atoms with van der Waals surface area (Å²) in [6, 6.07) is 23.2. The molecule has 5 aromatic rings. The number of nitrogens with zero attached hydrogens (tertiary/aromatic N) is 5. The summed E-state index contributed by atoms with van der Waals surface area (Å²) >= 11 is 1.49. The van der Waals surface area contributed by atoms with E-state index in [1.165, 1.54) is 16.2 Å². The highest BCUT2D eigenvalue weighted by atomic mass is 32.2. The molecule has 0 fully saturated rings. The molecular formula is C26H23N5O2S. The standard InChI is InChI=1S/C26H23N5O2S/c1-3-33-22-12-10-21(11-13-22)31-25(19-8-6-7-18(2)15-19)28-29-26(31)34-17-20-16-24(32)30-14-5-4-9-23(30)27-20/h4-16H,3,17H2,1-2H3. The van der Waals surface area contributed by atoms with Gasteiger partial charge in [-0.2, -0.15) is 0 Å². The third kappa shape index (κ3) is 4.45. The van der Waals surface area contributed by atoms with Gasteiger partial charge in [-0.25, -0.2) is 4.98 Å². The maximum Gasteiger partial charge on any atom is 0.258 e. The second-order valence-corrected chi connectivity index (χ2v) is 8.68. The van der Waals surface area contributed by atoms with E-state index in [1.807, 2.05) is 66.1 Å². The van der Waals surface area contributed by atoms with Crippen LogP contribution in [0.1, 0.15) is 18.2 Å². The van der Waals surface area contributed by atoms with E-state index in [1.54, 1.807) is 12.3 Å². The first-order valence-corrected chi connectivity index (χ1v) is 12.0. The Hall–Kier alpha value is -3.91. The van der Waals surface area contributed by atoms with Gasteiger partial charge in [-0.05, 0) is 56.3 Å². The van der Waals surface area contributed by atoms with Crippen molar-refractivity contribution >= 4 is 17.4 Å². The van der Waals surface area contributed by atoms with Gasteiger partial charge in [-0.1, -0.05) is 41.6 Å². The van der Waals surface area contributed by atoms with Crippen molar-refractivity contribution in [2.45, 2.75) is 24.8 Å². The molecule has 0 saturated carbocycles. The highest BCUT2D eigenvalue weighted by Gasteiger charge is 2.17. The first kappa shape index (κ1) is 21.9. The number of hydrogen-bond acceptors (Lipinski definition) is 6. The number of hydrogen-bond donors (Lipinski definition) is 0. The van der Waals surface area contributed by atoms with Gasteiger partial charge in [0.25, 0.3) is 5.56 Å². The maximum atomic E-state index is 12.5. The smallest absolute Gasteiger partial charge is 0.258 e. The van der Waals surface area contributed by atoms with E-state index in [9.17, 15) is 4.79 Å². The number of ether oxygens (including phenoxy) is 1. The highest BCUT2D eigenvalue weighted by molar-refractivity contribution is 7.98. The Morgan fingerprint density at radius 3 is 2.62 bits per heavy atom. The summed E-state index contributed by atoms with van der Waals surface area (Å²) in [6.07, 6.45) is 1.72. The van der Waals surface area contributed by atoms with Crippen LogP contribution in [0.2, 0.25) is 0 Å². The molecule has 34 heavy (non-hydrogen) atoms. The van der Waals surface area contributed by atoms with E-state index in [0.717, 1.165) is 33.5 Å². The molecule has 0 aliphatic heterocycles. The normalized spacial score (nSPS) is 11.1. The maximum absolute atomic E-state index is 12.5. The lowest BCUT2D eigenvalue weighted by Crippen LogP contribution is -2.14. The zero-order valence-corrected chi connectivity index (χ0v) is 19.7. The van der Waals surface area contributed by atoms with Gasteiger partial charge in [0.15, 0.2) is 11.0 Å². The summed E-state index contributed by atoms with van der Waals surface area (Å²) in [7, 11) is 0. The molecule has 0 radical (unpaired) electrons. The zero-order chi connectivity index (χ0) is 23.5. The van der Waals surface area contributed by atoms with Crippen LogP contribution in [-0.4, -0.2) is 30.8 Å². The molecule has 7 nitrogen and oxygen atoms in total. The van der Waals surface area contributed by atoms with Crippen LogP contribution < -0.4 is 10.3 Å². The van der Waals surface area contributed by atoms with Crippen molar-refractivity contribution in [3.05, 3.63) is 101 Å². The molecule has 0 aliphatic carbocycles. The van der Waals surface area contributed by atoms with Crippen molar-refractivity contribution in [3.8, 4) is 22.8 Å². The Bertz CT molecular complexity index is 1510. The first-order valence-electron chi connectivity index (χ1n) is 11.0. The lowest BCUT2D eigenvalue weighted by molar-refractivity contribution is 0.340. The number of aromatic nitrogens is 5. The summed E-state index contributed by atoms with van der Waals surface area (Å²) in [5, 5.41) is 9.73. The van der Waals surface area contributed by atoms with E-state index < -0.39 is 0 Å². The lowest BCUT2D eigenvalue weighted by Gasteiger charge is -2.12. The summed E-state index contributed by atoms with van der Waals surface area (Å²) in [5.74, 6) is 2.05. The number of fused-ring (bicyclic) bond motifs is 1. The number of aryl methyl sites for hydroxylation is 1.